The molecule has 9 heteroatoms. The third kappa shape index (κ3) is 4.03. The minimum Gasteiger partial charge on any atom is -0.385 e. The number of carbonyl (C=O) groups excluding carboxylic acids is 5. The number of nitrogens with one attached hydrogen (secondary N) is 3. The molecule has 1 atom stereocenters. The fraction of sp³-hybridized carbons (Fsp3) is 0.421. The van der Waals surface area contributed by atoms with Crippen LogP contribution in [-0.4, -0.2) is 53.6 Å². The first-order valence-corrected chi connectivity index (χ1v) is 9.22. The molecule has 3 N–H and O–H groups in total. The lowest BCUT2D eigenvalue weighted by molar-refractivity contribution is -0.136. The van der Waals surface area contributed by atoms with Crippen molar-refractivity contribution >= 4 is 35.2 Å². The van der Waals surface area contributed by atoms with Crippen LogP contribution in [0, 0.1) is 0 Å². The third-order valence-electron chi connectivity index (χ3n) is 4.75. The second-order valence-corrected chi connectivity index (χ2v) is 6.82. The van der Waals surface area contributed by atoms with Crippen molar-refractivity contribution in [1.82, 2.24) is 15.5 Å². The predicted molar refractivity (Wildman–Crippen MR) is 99.5 cm³/mol. The minimum absolute atomic E-state index is 0.0599. The topological polar surface area (TPSA) is 125 Å². The van der Waals surface area contributed by atoms with Gasteiger partial charge in [-0.15, -0.1) is 0 Å². The summed E-state index contributed by atoms with van der Waals surface area (Å²) in [4.78, 5) is 60.5. The average Bonchev–Trinajstić information content (AvgIpc) is 2.89. The zero-order chi connectivity index (χ0) is 20.3. The lowest BCUT2D eigenvalue weighted by Gasteiger charge is -2.27. The molecule has 0 radical (unpaired) electrons. The number of rotatable bonds is 7. The molecule has 0 aliphatic carbocycles. The second-order valence-electron chi connectivity index (χ2n) is 6.82. The van der Waals surface area contributed by atoms with Crippen molar-refractivity contribution in [2.45, 2.75) is 38.6 Å². The van der Waals surface area contributed by atoms with E-state index < -0.39 is 29.7 Å². The summed E-state index contributed by atoms with van der Waals surface area (Å²) < 4.78 is 0. The van der Waals surface area contributed by atoms with Crippen LogP contribution in [0.3, 0.4) is 0 Å². The molecule has 0 saturated carbocycles. The Bertz CT molecular complexity index is 851. The maximum atomic E-state index is 12.7. The Morgan fingerprint density at radius 1 is 1.11 bits per heavy atom. The molecule has 28 heavy (non-hydrogen) atoms. The molecular weight excluding hydrogens is 364 g/mol. The monoisotopic (exact) mass is 386 g/mol. The smallest absolute Gasteiger partial charge is 0.262 e. The molecule has 9 nitrogen and oxygen atoms in total. The van der Waals surface area contributed by atoms with E-state index in [-0.39, 0.29) is 29.9 Å². The summed E-state index contributed by atoms with van der Waals surface area (Å²) in [5, 5.41) is 8.09. The molecule has 1 aromatic rings. The summed E-state index contributed by atoms with van der Waals surface area (Å²) in [6.45, 7) is 2.73. The molecule has 0 aromatic heterocycles. The first kappa shape index (κ1) is 19.5. The molecule has 2 heterocycles. The minimum atomic E-state index is -0.963. The summed E-state index contributed by atoms with van der Waals surface area (Å²) in [6.07, 6.45) is 1.87. The quantitative estimate of drug-likeness (QED) is 0.461. The van der Waals surface area contributed by atoms with Crippen LogP contribution in [0.2, 0.25) is 0 Å². The molecule has 0 spiro atoms. The Hall–Kier alpha value is -3.23. The van der Waals surface area contributed by atoms with E-state index in [0.717, 1.165) is 17.7 Å². The van der Waals surface area contributed by atoms with Gasteiger partial charge in [0.1, 0.15) is 6.04 Å². The lowest BCUT2D eigenvalue weighted by Crippen LogP contribution is -2.54. The first-order valence-electron chi connectivity index (χ1n) is 9.22. The van der Waals surface area contributed by atoms with E-state index in [0.29, 0.717) is 18.8 Å². The fourth-order valence-corrected chi connectivity index (χ4v) is 3.33. The van der Waals surface area contributed by atoms with Crippen molar-refractivity contribution in [2.24, 2.45) is 0 Å². The van der Waals surface area contributed by atoms with Gasteiger partial charge in [0.15, 0.2) is 0 Å². The van der Waals surface area contributed by atoms with Gasteiger partial charge >= 0.3 is 0 Å². The van der Waals surface area contributed by atoms with Crippen LogP contribution in [0.1, 0.15) is 53.3 Å². The SMILES string of the molecule is CC(=O)NCCCCNc1ccc2c(c1)C(=O)N(C1CCC(=O)NC1=O)C2=O. The summed E-state index contributed by atoms with van der Waals surface area (Å²) in [5.41, 5.74) is 1.20. The van der Waals surface area contributed by atoms with Crippen LogP contribution in [0.5, 0.6) is 0 Å². The van der Waals surface area contributed by atoms with Crippen molar-refractivity contribution < 1.29 is 24.0 Å². The number of benzene rings is 1. The van der Waals surface area contributed by atoms with Crippen molar-refractivity contribution in [3.05, 3.63) is 29.3 Å². The highest BCUT2D eigenvalue weighted by molar-refractivity contribution is 6.23. The van der Waals surface area contributed by atoms with Gasteiger partial charge in [-0.05, 0) is 37.5 Å². The number of hydrogen-bond acceptors (Lipinski definition) is 6. The molecule has 3 rings (SSSR count). The van der Waals surface area contributed by atoms with Crippen LogP contribution >= 0.6 is 0 Å². The summed E-state index contributed by atoms with van der Waals surface area (Å²) >= 11 is 0. The van der Waals surface area contributed by atoms with Gasteiger partial charge in [0, 0.05) is 32.1 Å². The number of nitrogens with zero attached hydrogens (tertiary/aromatic N) is 1. The second kappa shape index (κ2) is 8.20. The number of piperidine rings is 1. The van der Waals surface area contributed by atoms with Gasteiger partial charge in [0.05, 0.1) is 11.1 Å². The molecule has 2 aliphatic heterocycles. The van der Waals surface area contributed by atoms with E-state index in [9.17, 15) is 24.0 Å². The first-order chi connectivity index (χ1) is 13.4. The summed E-state index contributed by atoms with van der Waals surface area (Å²) in [5.74, 6) is -2.12. The summed E-state index contributed by atoms with van der Waals surface area (Å²) in [7, 11) is 0. The van der Waals surface area contributed by atoms with Gasteiger partial charge in [-0.25, -0.2) is 0 Å². The third-order valence-corrected chi connectivity index (χ3v) is 4.75. The molecule has 1 aromatic carbocycles. The number of imide groups is 2. The Morgan fingerprint density at radius 2 is 1.82 bits per heavy atom. The highest BCUT2D eigenvalue weighted by Gasteiger charge is 2.44. The van der Waals surface area contributed by atoms with E-state index in [1.54, 1.807) is 18.2 Å². The van der Waals surface area contributed by atoms with Crippen molar-refractivity contribution in [3.8, 4) is 0 Å². The average molecular weight is 386 g/mol. The molecule has 2 aliphatic rings. The number of fused-ring (bicyclic) bond motifs is 1. The van der Waals surface area contributed by atoms with Crippen LogP contribution in [0.25, 0.3) is 0 Å². The standard InChI is InChI=1S/C19H22N4O5/c1-11(24)20-8-2-3-9-21-12-4-5-13-14(10-12)19(28)23(18(13)27)15-6-7-16(25)22-17(15)26/h4-5,10,15,21H,2-3,6-9H2,1H3,(H,20,24)(H,22,25,26). The van der Waals surface area contributed by atoms with E-state index in [1.807, 2.05) is 0 Å². The highest BCUT2D eigenvalue weighted by Crippen LogP contribution is 2.29. The van der Waals surface area contributed by atoms with Gasteiger partial charge in [0.25, 0.3) is 11.8 Å². The number of hydrogen-bond donors (Lipinski definition) is 3. The fourth-order valence-electron chi connectivity index (χ4n) is 3.33. The van der Waals surface area contributed by atoms with Gasteiger partial charge < -0.3 is 10.6 Å². The Kier molecular flexibility index (Phi) is 5.72. The Balaban J connectivity index is 1.62. The summed E-state index contributed by atoms with van der Waals surface area (Å²) in [6, 6.07) is 3.93. The van der Waals surface area contributed by atoms with Gasteiger partial charge in [0.2, 0.25) is 17.7 Å². The van der Waals surface area contributed by atoms with Gasteiger partial charge in [-0.2, -0.15) is 0 Å². The largest absolute Gasteiger partial charge is 0.385 e. The molecule has 0 bridgehead atoms. The maximum Gasteiger partial charge on any atom is 0.262 e. The van der Waals surface area contributed by atoms with Crippen LogP contribution < -0.4 is 16.0 Å². The van der Waals surface area contributed by atoms with E-state index in [1.165, 1.54) is 6.92 Å². The van der Waals surface area contributed by atoms with Gasteiger partial charge in [-0.1, -0.05) is 0 Å². The van der Waals surface area contributed by atoms with E-state index in [2.05, 4.69) is 16.0 Å². The number of unbranched alkanes of at least 4 members (excludes halogenated alkanes) is 1. The number of carbonyl (C=O) groups is 5. The van der Waals surface area contributed by atoms with E-state index >= 15 is 0 Å². The lowest BCUT2D eigenvalue weighted by atomic mass is 10.0. The van der Waals surface area contributed by atoms with Crippen LogP contribution in [0.4, 0.5) is 5.69 Å². The van der Waals surface area contributed by atoms with Crippen molar-refractivity contribution in [3.63, 3.8) is 0 Å². The van der Waals surface area contributed by atoms with Crippen molar-refractivity contribution in [1.29, 1.82) is 0 Å². The van der Waals surface area contributed by atoms with E-state index in [4.69, 9.17) is 0 Å². The zero-order valence-corrected chi connectivity index (χ0v) is 15.5. The highest BCUT2D eigenvalue weighted by atomic mass is 16.2. The van der Waals surface area contributed by atoms with Crippen LogP contribution in [0.15, 0.2) is 18.2 Å². The Labute approximate surface area is 161 Å². The number of anilines is 1. The predicted octanol–water partition coefficient (Wildman–Crippen LogP) is 0.416. The molecule has 1 saturated heterocycles. The molecule has 5 amide bonds. The van der Waals surface area contributed by atoms with Crippen molar-refractivity contribution in [2.75, 3.05) is 18.4 Å². The molecule has 148 valence electrons. The normalized spacial score (nSPS) is 18.8. The molecule has 1 unspecified atom stereocenters. The van der Waals surface area contributed by atoms with Crippen LogP contribution in [-0.2, 0) is 14.4 Å². The maximum absolute atomic E-state index is 12.7. The Morgan fingerprint density at radius 3 is 2.54 bits per heavy atom. The molecule has 1 fully saturated rings. The zero-order valence-electron chi connectivity index (χ0n) is 15.5. The van der Waals surface area contributed by atoms with Gasteiger partial charge in [-0.3, -0.25) is 34.2 Å². The number of amides is 5. The molecular formula is C19H22N4O5.